The minimum atomic E-state index is -3.77. The van der Waals surface area contributed by atoms with E-state index in [1.165, 1.54) is 23.5 Å². The maximum absolute atomic E-state index is 12.8. The second kappa shape index (κ2) is 6.43. The van der Waals surface area contributed by atoms with Crippen molar-refractivity contribution in [2.75, 3.05) is 7.05 Å². The molecular weight excluding hydrogens is 318 g/mol. The van der Waals surface area contributed by atoms with Crippen molar-refractivity contribution in [2.24, 2.45) is 0 Å². The predicted molar refractivity (Wildman–Crippen MR) is 85.5 cm³/mol. The average Bonchev–Trinajstić information content (AvgIpc) is 2.47. The summed E-state index contributed by atoms with van der Waals surface area (Å²) in [5, 5.41) is 10.9. The summed E-state index contributed by atoms with van der Waals surface area (Å²) >= 11 is 0. The number of non-ortho nitro benzene ring substituents is 1. The number of nitrogens with zero attached hydrogens (tertiary/aromatic N) is 3. The topological polar surface area (TPSA) is 93.4 Å². The molecule has 0 atom stereocenters. The minimum absolute atomic E-state index is 0.0986. The van der Waals surface area contributed by atoms with E-state index in [0.29, 0.717) is 16.8 Å². The summed E-state index contributed by atoms with van der Waals surface area (Å²) < 4.78 is 26.8. The van der Waals surface area contributed by atoms with Crippen molar-refractivity contribution < 1.29 is 13.3 Å². The van der Waals surface area contributed by atoms with Crippen LogP contribution in [0.25, 0.3) is 0 Å². The molecule has 0 N–H and O–H groups in total. The maximum atomic E-state index is 12.8. The highest BCUT2D eigenvalue weighted by Crippen LogP contribution is 2.28. The molecule has 0 unspecified atom stereocenters. The summed E-state index contributed by atoms with van der Waals surface area (Å²) in [6.07, 6.45) is 1.60. The quantitative estimate of drug-likeness (QED) is 0.618. The molecule has 2 aromatic rings. The van der Waals surface area contributed by atoms with Gasteiger partial charge < -0.3 is 0 Å². The van der Waals surface area contributed by atoms with E-state index in [1.54, 1.807) is 38.2 Å². The number of nitro groups is 1. The van der Waals surface area contributed by atoms with Gasteiger partial charge in [0.25, 0.3) is 5.69 Å². The second-order valence-electron chi connectivity index (χ2n) is 5.25. The lowest BCUT2D eigenvalue weighted by atomic mass is 10.1. The number of aryl methyl sites for hydroxylation is 2. The highest BCUT2D eigenvalue weighted by molar-refractivity contribution is 7.89. The Morgan fingerprint density at radius 1 is 1.22 bits per heavy atom. The smallest absolute Gasteiger partial charge is 0.260 e. The van der Waals surface area contributed by atoms with Crippen molar-refractivity contribution in [3.05, 3.63) is 63.5 Å². The van der Waals surface area contributed by atoms with E-state index in [4.69, 9.17) is 0 Å². The average molecular weight is 335 g/mol. The first-order valence-corrected chi connectivity index (χ1v) is 8.29. The Kier molecular flexibility index (Phi) is 4.76. The molecule has 0 aliphatic heterocycles. The normalized spacial score (nSPS) is 11.7. The number of sulfonamides is 1. The van der Waals surface area contributed by atoms with Crippen molar-refractivity contribution in [3.63, 3.8) is 0 Å². The lowest BCUT2D eigenvalue weighted by Gasteiger charge is -2.19. The van der Waals surface area contributed by atoms with Gasteiger partial charge in [-0.3, -0.25) is 15.1 Å². The van der Waals surface area contributed by atoms with Crippen molar-refractivity contribution in [2.45, 2.75) is 25.3 Å². The molecule has 2 rings (SSSR count). The highest BCUT2D eigenvalue weighted by Gasteiger charge is 2.27. The molecule has 0 saturated carbocycles. The molecule has 1 heterocycles. The summed E-state index contributed by atoms with van der Waals surface area (Å²) in [6, 6.07) is 7.82. The first-order valence-electron chi connectivity index (χ1n) is 6.85. The largest absolute Gasteiger partial charge is 0.270 e. The van der Waals surface area contributed by atoms with Crippen LogP contribution in [0.2, 0.25) is 0 Å². The molecular formula is C15H17N3O4S. The molecule has 0 amide bonds. The molecule has 122 valence electrons. The molecule has 0 saturated heterocycles. The Balaban J connectivity index is 2.41. The lowest BCUT2D eigenvalue weighted by Crippen LogP contribution is -2.28. The van der Waals surface area contributed by atoms with Crippen LogP contribution in [-0.4, -0.2) is 29.7 Å². The van der Waals surface area contributed by atoms with E-state index in [1.807, 2.05) is 0 Å². The van der Waals surface area contributed by atoms with Gasteiger partial charge in [0.05, 0.1) is 22.1 Å². The number of nitro benzene ring substituents is 1. The van der Waals surface area contributed by atoms with Crippen molar-refractivity contribution in [3.8, 4) is 0 Å². The summed E-state index contributed by atoms with van der Waals surface area (Å²) in [6.45, 7) is 3.24. The van der Waals surface area contributed by atoms with Crippen LogP contribution in [-0.2, 0) is 16.6 Å². The van der Waals surface area contributed by atoms with Crippen LogP contribution < -0.4 is 0 Å². The third kappa shape index (κ3) is 3.54. The van der Waals surface area contributed by atoms with Gasteiger partial charge in [0.1, 0.15) is 0 Å². The zero-order valence-electron chi connectivity index (χ0n) is 13.1. The molecule has 0 aliphatic rings. The van der Waals surface area contributed by atoms with Crippen molar-refractivity contribution in [1.82, 2.24) is 9.29 Å². The van der Waals surface area contributed by atoms with Gasteiger partial charge in [0, 0.05) is 25.4 Å². The molecule has 7 nitrogen and oxygen atoms in total. The highest BCUT2D eigenvalue weighted by atomic mass is 32.2. The molecule has 0 aliphatic carbocycles. The van der Waals surface area contributed by atoms with E-state index in [2.05, 4.69) is 4.98 Å². The summed E-state index contributed by atoms with van der Waals surface area (Å²) in [5.74, 6) is 0. The van der Waals surface area contributed by atoms with Gasteiger partial charge in [-0.2, -0.15) is 4.31 Å². The number of hydrogen-bond acceptors (Lipinski definition) is 5. The van der Waals surface area contributed by atoms with Crippen LogP contribution in [0.1, 0.15) is 16.8 Å². The first kappa shape index (κ1) is 17.0. The fourth-order valence-corrected chi connectivity index (χ4v) is 3.95. The van der Waals surface area contributed by atoms with E-state index in [0.717, 1.165) is 0 Å². The SMILES string of the molecule is Cc1cc([N+](=O)[O-])cc(C)c1S(=O)(=O)N(C)Cc1ccccn1. The molecule has 0 radical (unpaired) electrons. The Bertz CT molecular complexity index is 812. The fourth-order valence-electron chi connectivity index (χ4n) is 2.40. The van der Waals surface area contributed by atoms with E-state index >= 15 is 0 Å². The number of aromatic nitrogens is 1. The molecule has 23 heavy (non-hydrogen) atoms. The molecule has 1 aromatic heterocycles. The van der Waals surface area contributed by atoms with Crippen LogP contribution in [0.4, 0.5) is 5.69 Å². The van der Waals surface area contributed by atoms with Gasteiger partial charge >= 0.3 is 0 Å². The van der Waals surface area contributed by atoms with Gasteiger partial charge in [0.15, 0.2) is 0 Å². The van der Waals surface area contributed by atoms with Gasteiger partial charge in [0.2, 0.25) is 10.0 Å². The summed E-state index contributed by atoms with van der Waals surface area (Å²) in [7, 11) is -2.31. The van der Waals surface area contributed by atoms with Gasteiger partial charge in [-0.25, -0.2) is 8.42 Å². The van der Waals surface area contributed by atoms with Crippen LogP contribution >= 0.6 is 0 Å². The summed E-state index contributed by atoms with van der Waals surface area (Å²) in [5.41, 5.74) is 1.20. The number of hydrogen-bond donors (Lipinski definition) is 0. The Hall–Kier alpha value is -2.32. The second-order valence-corrected chi connectivity index (χ2v) is 7.23. The van der Waals surface area contributed by atoms with Gasteiger partial charge in [-0.1, -0.05) is 6.07 Å². The van der Waals surface area contributed by atoms with Crippen LogP contribution in [0, 0.1) is 24.0 Å². The van der Waals surface area contributed by atoms with Gasteiger partial charge in [-0.15, -0.1) is 0 Å². The Morgan fingerprint density at radius 3 is 2.30 bits per heavy atom. The van der Waals surface area contributed by atoms with Crippen LogP contribution in [0.15, 0.2) is 41.4 Å². The summed E-state index contributed by atoms with van der Waals surface area (Å²) in [4.78, 5) is 14.6. The standard InChI is InChI=1S/C15H17N3O4S/c1-11-8-14(18(19)20)9-12(2)15(11)23(21,22)17(3)10-13-6-4-5-7-16-13/h4-9H,10H2,1-3H3. The lowest BCUT2D eigenvalue weighted by molar-refractivity contribution is -0.385. The fraction of sp³-hybridized carbons (Fsp3) is 0.267. The molecule has 0 bridgehead atoms. The Labute approximate surface area is 134 Å². The molecule has 8 heteroatoms. The minimum Gasteiger partial charge on any atom is -0.260 e. The zero-order valence-corrected chi connectivity index (χ0v) is 13.9. The zero-order chi connectivity index (χ0) is 17.2. The van der Waals surface area contributed by atoms with Crippen LogP contribution in [0.3, 0.4) is 0 Å². The third-order valence-corrected chi connectivity index (χ3v) is 5.54. The van der Waals surface area contributed by atoms with E-state index < -0.39 is 14.9 Å². The molecule has 0 fully saturated rings. The Morgan fingerprint density at radius 2 is 1.83 bits per heavy atom. The van der Waals surface area contributed by atoms with Gasteiger partial charge in [-0.05, 0) is 37.1 Å². The van der Waals surface area contributed by atoms with Crippen LogP contribution in [0.5, 0.6) is 0 Å². The monoisotopic (exact) mass is 335 g/mol. The van der Waals surface area contributed by atoms with Crippen molar-refractivity contribution >= 4 is 15.7 Å². The number of rotatable bonds is 5. The van der Waals surface area contributed by atoms with E-state index in [-0.39, 0.29) is 17.1 Å². The van der Waals surface area contributed by atoms with E-state index in [9.17, 15) is 18.5 Å². The number of benzene rings is 1. The number of pyridine rings is 1. The molecule has 0 spiro atoms. The predicted octanol–water partition coefficient (Wildman–Crippen LogP) is 2.43. The third-order valence-electron chi connectivity index (χ3n) is 3.43. The first-order chi connectivity index (χ1) is 10.7. The molecule has 1 aromatic carbocycles. The maximum Gasteiger partial charge on any atom is 0.270 e. The van der Waals surface area contributed by atoms with Crippen molar-refractivity contribution in [1.29, 1.82) is 0 Å².